The molecule has 1 aliphatic heterocycles. The van der Waals surface area contributed by atoms with Crippen LogP contribution in [0.25, 0.3) is 0 Å². The number of rotatable bonds is 12. The standard InChI is InChI=1S/C17H26NO5P.C7H15N.C2H6/c1-5-15(20-4)12-21-24-18(11-17(19)22-13(2)3)10-14-8-6-7-9-16(14)23-24;1-3-5-7-8-6-4-2;1-2/h6-9,13,15H,5,10-12H2,1-4H3;5,7-8H,3-4,6H2,1-2H3;1-2H3/b;7-5-;. The normalized spacial score (nSPS) is 15.9. The van der Waals surface area contributed by atoms with Crippen LogP contribution in [0.3, 0.4) is 0 Å². The first-order chi connectivity index (χ1) is 16.4. The van der Waals surface area contributed by atoms with Crippen LogP contribution in [0.4, 0.5) is 0 Å². The molecular formula is C26H47N2O5P. The molecule has 1 aromatic carbocycles. The van der Waals surface area contributed by atoms with E-state index >= 15 is 0 Å². The molecular weight excluding hydrogens is 451 g/mol. The molecule has 2 unspecified atom stereocenters. The van der Waals surface area contributed by atoms with Crippen LogP contribution in [0, 0.1) is 0 Å². The molecule has 1 heterocycles. The number of benzene rings is 1. The fourth-order valence-corrected chi connectivity index (χ4v) is 4.19. The number of nitrogens with zero attached hydrogens (tertiary/aromatic N) is 1. The van der Waals surface area contributed by atoms with Crippen molar-refractivity contribution >= 4 is 14.5 Å². The molecule has 0 spiro atoms. The van der Waals surface area contributed by atoms with E-state index in [0.29, 0.717) is 13.2 Å². The first-order valence-electron chi connectivity index (χ1n) is 12.5. The molecule has 2 atom stereocenters. The maximum atomic E-state index is 12.0. The highest BCUT2D eigenvalue weighted by Crippen LogP contribution is 2.49. The van der Waals surface area contributed by atoms with Gasteiger partial charge in [-0.15, -0.1) is 0 Å². The predicted octanol–water partition coefficient (Wildman–Crippen LogP) is 6.44. The van der Waals surface area contributed by atoms with Gasteiger partial charge in [-0.1, -0.05) is 58.9 Å². The number of nitrogens with one attached hydrogen (secondary N) is 1. The molecule has 0 aromatic heterocycles. The SMILES string of the molecule is CC.CC/C=C\NCCC.CCC(COP1Oc2ccccc2CN1CC(=O)OC(C)C)OC. The number of carbonyl (C=O) groups excluding carboxylic acids is 1. The van der Waals surface area contributed by atoms with Crippen LogP contribution in [0.2, 0.25) is 0 Å². The van der Waals surface area contributed by atoms with Crippen molar-refractivity contribution in [2.45, 2.75) is 86.5 Å². The number of esters is 1. The zero-order valence-electron chi connectivity index (χ0n) is 22.5. The minimum atomic E-state index is -1.37. The van der Waals surface area contributed by atoms with Crippen LogP contribution in [0.15, 0.2) is 36.5 Å². The number of hydrogen-bond acceptors (Lipinski definition) is 7. The lowest BCUT2D eigenvalue weighted by Gasteiger charge is -2.34. The molecule has 1 aromatic rings. The van der Waals surface area contributed by atoms with Crippen molar-refractivity contribution in [2.24, 2.45) is 0 Å². The van der Waals surface area contributed by atoms with E-state index in [9.17, 15) is 4.79 Å². The Hall–Kier alpha value is -1.66. The Bertz CT molecular complexity index is 668. The van der Waals surface area contributed by atoms with Gasteiger partial charge in [0.1, 0.15) is 12.3 Å². The summed E-state index contributed by atoms with van der Waals surface area (Å²) in [5.74, 6) is 0.533. The number of fused-ring (bicyclic) bond motifs is 1. The van der Waals surface area contributed by atoms with E-state index in [1.807, 2.05) is 69.8 Å². The first-order valence-corrected chi connectivity index (χ1v) is 13.6. The Morgan fingerprint density at radius 2 is 1.94 bits per heavy atom. The molecule has 0 radical (unpaired) electrons. The number of carbonyl (C=O) groups is 1. The number of ether oxygens (including phenoxy) is 2. The minimum Gasteiger partial charge on any atom is -0.462 e. The van der Waals surface area contributed by atoms with Crippen molar-refractivity contribution in [1.82, 2.24) is 9.99 Å². The molecule has 0 aliphatic carbocycles. The Labute approximate surface area is 209 Å². The van der Waals surface area contributed by atoms with Crippen LogP contribution in [0.5, 0.6) is 5.75 Å². The summed E-state index contributed by atoms with van der Waals surface area (Å²) >= 11 is 0. The van der Waals surface area contributed by atoms with Crippen molar-refractivity contribution in [3.8, 4) is 5.75 Å². The second-order valence-corrected chi connectivity index (χ2v) is 9.11. The van der Waals surface area contributed by atoms with Crippen LogP contribution < -0.4 is 9.84 Å². The average molecular weight is 499 g/mol. The summed E-state index contributed by atoms with van der Waals surface area (Å²) in [6.45, 7) is 16.3. The molecule has 34 heavy (non-hydrogen) atoms. The Balaban J connectivity index is 0.000000924. The Morgan fingerprint density at radius 1 is 1.24 bits per heavy atom. The quantitative estimate of drug-likeness (QED) is 0.202. The maximum Gasteiger partial charge on any atom is 0.322 e. The fourth-order valence-electron chi connectivity index (χ4n) is 2.72. The third-order valence-electron chi connectivity index (χ3n) is 4.44. The molecule has 196 valence electrons. The molecule has 0 saturated carbocycles. The van der Waals surface area contributed by atoms with E-state index < -0.39 is 8.53 Å². The van der Waals surface area contributed by atoms with Crippen molar-refractivity contribution in [3.63, 3.8) is 0 Å². The van der Waals surface area contributed by atoms with Gasteiger partial charge in [-0.3, -0.25) is 4.79 Å². The van der Waals surface area contributed by atoms with Crippen molar-refractivity contribution in [2.75, 3.05) is 26.8 Å². The van der Waals surface area contributed by atoms with Gasteiger partial charge >= 0.3 is 14.5 Å². The van der Waals surface area contributed by atoms with Crippen molar-refractivity contribution in [3.05, 3.63) is 42.1 Å². The van der Waals surface area contributed by atoms with Crippen LogP contribution in [-0.4, -0.2) is 49.7 Å². The minimum absolute atomic E-state index is 0.0118. The van der Waals surface area contributed by atoms with E-state index in [0.717, 1.165) is 30.7 Å². The van der Waals surface area contributed by atoms with E-state index in [4.69, 9.17) is 18.5 Å². The highest BCUT2D eigenvalue weighted by molar-refractivity contribution is 7.45. The van der Waals surface area contributed by atoms with Gasteiger partial charge in [0.25, 0.3) is 0 Å². The van der Waals surface area contributed by atoms with Crippen molar-refractivity contribution < 1.29 is 23.3 Å². The summed E-state index contributed by atoms with van der Waals surface area (Å²) in [7, 11) is 0.296. The van der Waals surface area contributed by atoms with Gasteiger partial charge in [-0.05, 0) is 45.4 Å². The lowest BCUT2D eigenvalue weighted by Crippen LogP contribution is -2.33. The zero-order valence-corrected chi connectivity index (χ0v) is 23.4. The molecule has 0 bridgehead atoms. The first kappa shape index (κ1) is 32.3. The van der Waals surface area contributed by atoms with Gasteiger partial charge in [0.15, 0.2) is 0 Å². The summed E-state index contributed by atoms with van der Waals surface area (Å²) in [6.07, 6.45) is 7.19. The molecule has 0 amide bonds. The van der Waals surface area contributed by atoms with E-state index in [1.165, 1.54) is 6.42 Å². The maximum absolute atomic E-state index is 12.0. The van der Waals surface area contributed by atoms with Crippen molar-refractivity contribution in [1.29, 1.82) is 0 Å². The molecule has 1 N–H and O–H groups in total. The number of methoxy groups -OCH3 is 1. The monoisotopic (exact) mass is 498 g/mol. The molecule has 7 nitrogen and oxygen atoms in total. The predicted molar refractivity (Wildman–Crippen MR) is 142 cm³/mol. The molecule has 0 fully saturated rings. The van der Waals surface area contributed by atoms with Gasteiger partial charge < -0.3 is 23.8 Å². The van der Waals surface area contributed by atoms with Gasteiger partial charge in [-0.2, -0.15) is 0 Å². The zero-order chi connectivity index (χ0) is 25.8. The van der Waals surface area contributed by atoms with Gasteiger partial charge in [0.2, 0.25) is 0 Å². The summed E-state index contributed by atoms with van der Waals surface area (Å²) in [4.78, 5) is 12.0. The fraction of sp³-hybridized carbons (Fsp3) is 0.654. The summed E-state index contributed by atoms with van der Waals surface area (Å²) < 4.78 is 24.4. The second kappa shape index (κ2) is 20.7. The summed E-state index contributed by atoms with van der Waals surface area (Å²) in [5.41, 5.74) is 1.04. The third kappa shape index (κ3) is 13.9. The van der Waals surface area contributed by atoms with Gasteiger partial charge in [0.05, 0.1) is 18.8 Å². The Kier molecular flexibility index (Phi) is 19.7. The summed E-state index contributed by atoms with van der Waals surface area (Å²) in [6, 6.07) is 7.80. The topological polar surface area (TPSA) is 69.3 Å². The lowest BCUT2D eigenvalue weighted by molar-refractivity contribution is -0.147. The Morgan fingerprint density at radius 3 is 2.53 bits per heavy atom. The molecule has 1 aliphatic rings. The molecule has 0 saturated heterocycles. The highest BCUT2D eigenvalue weighted by Gasteiger charge is 2.32. The second-order valence-electron chi connectivity index (χ2n) is 7.62. The number of hydrogen-bond donors (Lipinski definition) is 1. The largest absolute Gasteiger partial charge is 0.462 e. The van der Waals surface area contributed by atoms with Crippen LogP contribution in [-0.2, 0) is 25.3 Å². The van der Waals surface area contributed by atoms with E-state index in [1.54, 1.807) is 7.11 Å². The van der Waals surface area contributed by atoms with Crippen LogP contribution >= 0.6 is 8.53 Å². The van der Waals surface area contributed by atoms with Gasteiger partial charge in [-0.25, -0.2) is 4.67 Å². The lowest BCUT2D eigenvalue weighted by atomic mass is 10.2. The van der Waals surface area contributed by atoms with Gasteiger partial charge in [0, 0.05) is 25.8 Å². The van der Waals surface area contributed by atoms with E-state index in [-0.39, 0.29) is 24.7 Å². The molecule has 8 heteroatoms. The summed E-state index contributed by atoms with van der Waals surface area (Å²) in [5, 5.41) is 3.16. The van der Waals surface area contributed by atoms with E-state index in [2.05, 4.69) is 25.2 Å². The van der Waals surface area contributed by atoms with Crippen LogP contribution in [0.1, 0.15) is 73.3 Å². The molecule has 2 rings (SSSR count). The number of para-hydroxylation sites is 1. The third-order valence-corrected chi connectivity index (χ3v) is 5.90. The highest BCUT2D eigenvalue weighted by atomic mass is 31.2. The number of allylic oxidation sites excluding steroid dienone is 1. The smallest absolute Gasteiger partial charge is 0.322 e. The average Bonchev–Trinajstić information content (AvgIpc) is 2.84.